The number of aromatic nitrogens is 4. The topological polar surface area (TPSA) is 386 Å². The van der Waals surface area contributed by atoms with Crippen molar-refractivity contribution in [2.45, 2.75) is 107 Å². The van der Waals surface area contributed by atoms with Crippen molar-refractivity contribution in [1.82, 2.24) is 24.3 Å². The average molecular weight is 985 g/mol. The number of nitrogens with one attached hydrogen (secondary N) is 1. The smallest absolute Gasteiger partial charge is 0.352 e. The molecular weight excluding hydrogens is 927 g/mol. The van der Waals surface area contributed by atoms with Crippen LogP contribution in [0.4, 0.5) is 5.13 Å². The molecule has 2 amide bonds. The van der Waals surface area contributed by atoms with Crippen molar-refractivity contribution in [1.29, 1.82) is 0 Å². The summed E-state index contributed by atoms with van der Waals surface area (Å²) in [6.07, 6.45) is -8.50. The Bertz CT molecular complexity index is 2250. The molecule has 10 unspecified atom stereocenters. The highest BCUT2D eigenvalue weighted by molar-refractivity contribution is 8.00. The number of aliphatic hydroxyl groups excluding tert-OH is 7. The maximum Gasteiger partial charge on any atom is 0.352 e. The summed E-state index contributed by atoms with van der Waals surface area (Å²) in [4.78, 5) is 78.6. The summed E-state index contributed by atoms with van der Waals surface area (Å²) >= 11 is 2.02. The van der Waals surface area contributed by atoms with Crippen LogP contribution < -0.4 is 15.7 Å². The van der Waals surface area contributed by atoms with Crippen molar-refractivity contribution < 1.29 is 84.2 Å². The number of hydrogen-bond acceptors (Lipinski definition) is 21. The lowest BCUT2D eigenvalue weighted by Crippen LogP contribution is -2.62. The molecule has 0 aromatic carbocycles. The molecule has 67 heavy (non-hydrogen) atoms. The van der Waals surface area contributed by atoms with Gasteiger partial charge in [0.1, 0.15) is 36.2 Å². The maximum atomic E-state index is 13.6. The van der Waals surface area contributed by atoms with Crippen LogP contribution in [-0.2, 0) is 53.6 Å². The van der Waals surface area contributed by atoms with Gasteiger partial charge in [-0.15, -0.1) is 16.4 Å². The number of hydrogen-bond donors (Lipinski definition) is 11. The van der Waals surface area contributed by atoms with E-state index in [1.165, 1.54) is 25.6 Å². The van der Waals surface area contributed by atoms with Crippen LogP contribution in [0, 0.1) is 24.7 Å². The Morgan fingerprint density at radius 2 is 1.85 bits per heavy atom. The number of nitrogens with zero attached hydrogens (tertiary/aromatic N) is 7. The predicted octanol–water partition coefficient (Wildman–Crippen LogP) is -3.90. The van der Waals surface area contributed by atoms with Gasteiger partial charge in [0, 0.05) is 48.6 Å². The molecule has 2 aliphatic heterocycles. The van der Waals surface area contributed by atoms with Gasteiger partial charge in [-0.3, -0.25) is 24.3 Å². The number of nitrogen functional groups attached to an aromatic ring is 1. The molecule has 1 saturated carbocycles. The molecule has 2 aromatic heterocycles. The van der Waals surface area contributed by atoms with E-state index in [-0.39, 0.29) is 61.5 Å². The minimum absolute atomic E-state index is 0.00109. The Hall–Kier alpha value is -4.97. The van der Waals surface area contributed by atoms with E-state index >= 15 is 0 Å². The van der Waals surface area contributed by atoms with Gasteiger partial charge in [0.2, 0.25) is 23.2 Å². The molecule has 2 fully saturated rings. The van der Waals surface area contributed by atoms with Crippen LogP contribution in [0.25, 0.3) is 0 Å². The van der Waals surface area contributed by atoms with E-state index in [1.807, 2.05) is 0 Å². The first-order chi connectivity index (χ1) is 31.5. The van der Waals surface area contributed by atoms with Crippen LogP contribution in [0.15, 0.2) is 27.6 Å². The van der Waals surface area contributed by atoms with Gasteiger partial charge in [0.15, 0.2) is 29.4 Å². The summed E-state index contributed by atoms with van der Waals surface area (Å²) in [5.74, 6) is -6.42. The van der Waals surface area contributed by atoms with E-state index in [1.54, 1.807) is 36.5 Å². The number of Topliss-reactive ketones (excluding diaryl/α,β-unsaturated/α-hetero) is 1. The minimum atomic E-state index is -1.84. The number of aliphatic imine (C=N–C) groups is 1. The Balaban J connectivity index is 1.17. The fourth-order valence-corrected chi connectivity index (χ4v) is 9.61. The minimum Gasteiger partial charge on any atom is -0.478 e. The average Bonchev–Trinajstić information content (AvgIpc) is 3.83. The van der Waals surface area contributed by atoms with Gasteiger partial charge in [-0.2, -0.15) is 14.0 Å². The normalized spacial score (nSPS) is 25.3. The molecule has 0 spiro atoms. The lowest BCUT2D eigenvalue weighted by molar-refractivity contribution is -0.767. The van der Waals surface area contributed by atoms with Gasteiger partial charge in [-0.1, -0.05) is 12.1 Å². The number of rotatable bonds is 23. The van der Waals surface area contributed by atoms with E-state index < -0.39 is 120 Å². The summed E-state index contributed by atoms with van der Waals surface area (Å²) in [6, 6.07) is 0. The van der Waals surface area contributed by atoms with Crippen LogP contribution in [0.1, 0.15) is 50.7 Å². The van der Waals surface area contributed by atoms with Crippen molar-refractivity contribution in [2.24, 2.45) is 34.9 Å². The summed E-state index contributed by atoms with van der Waals surface area (Å²) in [5, 5.41) is 97.6. The Labute approximate surface area is 391 Å². The first-order valence-electron chi connectivity index (χ1n) is 21.1. The lowest BCUT2D eigenvalue weighted by Gasteiger charge is -2.49. The molecule has 12 N–H and O–H groups in total. The molecular formula is C40H58N9O16S2+. The number of ether oxygens (including phenoxy) is 1. The number of carbonyl (C=O) groups excluding carboxylic acids is 3. The van der Waals surface area contributed by atoms with Gasteiger partial charge < -0.3 is 66.6 Å². The number of amides is 2. The molecule has 2 aromatic rings. The van der Waals surface area contributed by atoms with E-state index in [0.717, 1.165) is 22.6 Å². The van der Waals surface area contributed by atoms with Crippen LogP contribution in [-0.4, -0.2) is 192 Å². The number of carboxylic acids is 2. The van der Waals surface area contributed by atoms with Gasteiger partial charge in [-0.25, -0.2) is 9.59 Å². The number of fused-ring (bicyclic) bond motifs is 1. The van der Waals surface area contributed by atoms with Crippen molar-refractivity contribution in [3.05, 3.63) is 34.5 Å². The number of oxime groups is 1. The Kier molecular flexibility index (Phi) is 17.7. The molecule has 370 valence electrons. The second kappa shape index (κ2) is 22.4. The number of ketones is 1. The molecule has 25 nitrogen and oxygen atoms in total. The SMILES string of the molecule is Cc1c(CC(=O)NCCN=CC(O)C(O)C(OC2CC(CO)C(C)C(O)C2O)C(O)CO)c[n+](CC2=C(C(=O)O)N3C(=O)[C@@H](CC(=O)/C(=N\OC(C)(C)C(=O)O)c4nsc(N)n4)C3SC2)n1C. The molecule has 1 aliphatic carbocycles. The van der Waals surface area contributed by atoms with Gasteiger partial charge in [0.25, 0.3) is 0 Å². The zero-order valence-corrected chi connectivity index (χ0v) is 38.9. The van der Waals surface area contributed by atoms with Crippen LogP contribution in [0.2, 0.25) is 0 Å². The second-order valence-electron chi connectivity index (χ2n) is 17.0. The molecule has 0 radical (unpaired) electrons. The number of aliphatic carboxylic acids is 2. The van der Waals surface area contributed by atoms with E-state index in [2.05, 4.69) is 24.8 Å². The van der Waals surface area contributed by atoms with Crippen LogP contribution >= 0.6 is 23.3 Å². The molecule has 5 rings (SSSR count). The molecule has 1 saturated heterocycles. The molecule has 4 heterocycles. The van der Waals surface area contributed by atoms with Gasteiger partial charge in [-0.05, 0) is 39.0 Å². The van der Waals surface area contributed by atoms with Crippen molar-refractivity contribution >= 4 is 69.9 Å². The first kappa shape index (κ1) is 53.0. The lowest BCUT2D eigenvalue weighted by atomic mass is 9.75. The number of β-lactam (4-membered cyclic amide) rings is 1. The quantitative estimate of drug-likeness (QED) is 0.0167. The van der Waals surface area contributed by atoms with E-state index in [0.29, 0.717) is 16.8 Å². The predicted molar refractivity (Wildman–Crippen MR) is 235 cm³/mol. The zero-order valence-electron chi connectivity index (χ0n) is 37.3. The van der Waals surface area contributed by atoms with Crippen LogP contribution in [0.5, 0.6) is 0 Å². The standard InChI is InChI=1S/C40H57N9O16S2/c1-17-20(14-50)8-26(32(58)30(17)56)64-33(25(54)15-51)31(57)24(53)11-42-6-7-43-27(55)9-19-12-48(47(5)18(19)2)13-21-16-66-36-22(35(59)49(36)29(21)37(60)61)10-23(52)28(34-44-39(41)67-46-34)45-65-40(3,4)38(62)63/h11-12,17,20,22,24-26,30-33,36,50-51,53-54,56-58H,6-10,13-16H2,1-5H3,(H4-,41,43,44,46,55,60,61,62,63)/p+1/b42-11?,45-28+/t17?,20?,22-,24?,25?,26?,30?,31?,32?,33?,36?/m1/s1. The number of nitrogens with two attached hydrogens (primary N) is 1. The molecule has 11 atom stereocenters. The fraction of sp³-hybridized carbons (Fsp3) is 0.650. The summed E-state index contributed by atoms with van der Waals surface area (Å²) in [7, 11) is 1.72. The summed E-state index contributed by atoms with van der Waals surface area (Å²) < 4.78 is 13.1. The highest BCUT2D eigenvalue weighted by Crippen LogP contribution is 2.45. The Morgan fingerprint density at radius 3 is 2.46 bits per heavy atom. The first-order valence-corrected chi connectivity index (χ1v) is 23.0. The van der Waals surface area contributed by atoms with Crippen molar-refractivity contribution in [2.75, 3.05) is 37.8 Å². The zero-order chi connectivity index (χ0) is 49.7. The highest BCUT2D eigenvalue weighted by Gasteiger charge is 2.55. The summed E-state index contributed by atoms with van der Waals surface area (Å²) in [6.45, 7) is 4.68. The Morgan fingerprint density at radius 1 is 1.15 bits per heavy atom. The van der Waals surface area contributed by atoms with Crippen molar-refractivity contribution in [3.63, 3.8) is 0 Å². The van der Waals surface area contributed by atoms with Gasteiger partial charge >= 0.3 is 11.9 Å². The number of aliphatic hydroxyl groups is 7. The number of anilines is 1. The number of carboxylic acid groups (broad SMARTS) is 2. The third kappa shape index (κ3) is 12.0. The number of thioether (sulfide) groups is 1. The maximum absolute atomic E-state index is 13.6. The third-order valence-electron chi connectivity index (χ3n) is 12.1. The van der Waals surface area contributed by atoms with Gasteiger partial charge in [0.05, 0.1) is 61.4 Å². The third-order valence-corrected chi connectivity index (χ3v) is 14.0. The highest BCUT2D eigenvalue weighted by atomic mass is 32.2. The monoisotopic (exact) mass is 984 g/mol. The van der Waals surface area contributed by atoms with E-state index in [9.17, 15) is 69.9 Å². The number of carbonyl (C=O) groups is 5. The molecule has 0 bridgehead atoms. The largest absolute Gasteiger partial charge is 0.478 e. The van der Waals surface area contributed by atoms with Crippen molar-refractivity contribution in [3.8, 4) is 0 Å². The van der Waals surface area contributed by atoms with E-state index in [4.69, 9.17) is 15.3 Å². The summed E-state index contributed by atoms with van der Waals surface area (Å²) in [5.41, 5.74) is 4.86. The fourth-order valence-electron chi connectivity index (χ4n) is 7.77. The second-order valence-corrected chi connectivity index (χ2v) is 18.9. The molecule has 27 heteroatoms. The van der Waals surface area contributed by atoms with Crippen LogP contribution in [0.3, 0.4) is 0 Å². The molecule has 3 aliphatic rings.